The van der Waals surface area contributed by atoms with Crippen molar-refractivity contribution < 1.29 is 4.42 Å². The van der Waals surface area contributed by atoms with Gasteiger partial charge < -0.3 is 4.42 Å². The van der Waals surface area contributed by atoms with E-state index in [4.69, 9.17) is 4.42 Å². The molecule has 1 aromatic heterocycles. The van der Waals surface area contributed by atoms with Gasteiger partial charge in [-0.3, -0.25) is 0 Å². The van der Waals surface area contributed by atoms with Crippen LogP contribution in [0.3, 0.4) is 0 Å². The molecule has 0 spiro atoms. The predicted molar refractivity (Wildman–Crippen MR) is 283 cm³/mol. The van der Waals surface area contributed by atoms with Crippen LogP contribution in [-0.2, 0) is 5.41 Å². The minimum atomic E-state index is -0.262. The molecule has 0 amide bonds. The van der Waals surface area contributed by atoms with Crippen LogP contribution < -0.4 is 0 Å². The van der Waals surface area contributed by atoms with Crippen LogP contribution in [0.1, 0.15) is 52.7 Å². The molecule has 0 atom stereocenters. The molecule has 13 rings (SSSR count). The van der Waals surface area contributed by atoms with E-state index in [0.29, 0.717) is 0 Å². The number of furan rings is 1. The normalized spacial score (nSPS) is 13.7. The Hall–Kier alpha value is -7.48. The van der Waals surface area contributed by atoms with Gasteiger partial charge in [0.25, 0.3) is 0 Å². The average molecular weight is 847 g/mol. The van der Waals surface area contributed by atoms with Crippen molar-refractivity contribution in [3.05, 3.63) is 205 Å². The van der Waals surface area contributed by atoms with E-state index in [1.54, 1.807) is 0 Å². The van der Waals surface area contributed by atoms with Crippen LogP contribution in [0, 0.1) is 10.8 Å². The quantitative estimate of drug-likeness (QED) is 0.128. The summed E-state index contributed by atoms with van der Waals surface area (Å²) in [5.74, 6) is 0. The fourth-order valence-electron chi connectivity index (χ4n) is 13.1. The lowest BCUT2D eigenvalue weighted by Gasteiger charge is -2.53. The number of hydrogen-bond donors (Lipinski definition) is 0. The summed E-state index contributed by atoms with van der Waals surface area (Å²) >= 11 is 0. The fourth-order valence-corrected chi connectivity index (χ4v) is 13.1. The van der Waals surface area contributed by atoms with Crippen LogP contribution >= 0.6 is 0 Å². The lowest BCUT2D eigenvalue weighted by molar-refractivity contribution is 0.0965. The van der Waals surface area contributed by atoms with Crippen LogP contribution in [0.5, 0.6) is 0 Å². The second kappa shape index (κ2) is 13.8. The van der Waals surface area contributed by atoms with E-state index in [9.17, 15) is 0 Å². The maximum absolute atomic E-state index is 6.25. The van der Waals surface area contributed by atoms with Crippen LogP contribution in [0.4, 0.5) is 0 Å². The first-order chi connectivity index (χ1) is 32.0. The molecular weight excluding hydrogens is 797 g/mol. The van der Waals surface area contributed by atoms with E-state index in [2.05, 4.69) is 230 Å². The van der Waals surface area contributed by atoms with E-state index in [-0.39, 0.29) is 16.2 Å². The summed E-state index contributed by atoms with van der Waals surface area (Å²) in [5.41, 5.74) is 14.5. The highest BCUT2D eigenvalue weighted by molar-refractivity contribution is 6.23. The number of hydrogen-bond acceptors (Lipinski definition) is 1. The third-order valence-corrected chi connectivity index (χ3v) is 15.3. The van der Waals surface area contributed by atoms with Crippen molar-refractivity contribution in [3.8, 4) is 44.5 Å². The van der Waals surface area contributed by atoms with E-state index in [1.807, 2.05) is 6.07 Å². The van der Waals surface area contributed by atoms with E-state index in [1.165, 1.54) is 109 Å². The molecule has 1 nitrogen and oxygen atoms in total. The van der Waals surface area contributed by atoms with Crippen molar-refractivity contribution in [1.29, 1.82) is 0 Å². The van der Waals surface area contributed by atoms with Crippen LogP contribution in [0.25, 0.3) is 120 Å². The molecule has 66 heavy (non-hydrogen) atoms. The molecule has 1 aliphatic carbocycles. The van der Waals surface area contributed by atoms with E-state index < -0.39 is 0 Å². The Bertz CT molecular complexity index is 3920. The largest absolute Gasteiger partial charge is 0.456 e. The van der Waals surface area contributed by atoms with Gasteiger partial charge in [-0.1, -0.05) is 199 Å². The minimum absolute atomic E-state index is 0.0908. The van der Waals surface area contributed by atoms with Gasteiger partial charge in [-0.25, -0.2) is 0 Å². The Morgan fingerprint density at radius 3 is 1.39 bits per heavy atom. The Kier molecular flexibility index (Phi) is 8.12. The molecule has 0 radical (unpaired) electrons. The molecule has 0 unspecified atom stereocenters. The highest BCUT2D eigenvalue weighted by Gasteiger charge is 2.58. The molecule has 11 aromatic carbocycles. The van der Waals surface area contributed by atoms with Crippen molar-refractivity contribution >= 4 is 75.8 Å². The molecule has 0 N–H and O–H groups in total. The Morgan fingerprint density at radius 1 is 0.318 bits per heavy atom. The Labute approximate surface area is 386 Å². The summed E-state index contributed by atoms with van der Waals surface area (Å²) < 4.78 is 6.25. The monoisotopic (exact) mass is 846 g/mol. The number of fused-ring (bicyclic) bond motifs is 14. The summed E-state index contributed by atoms with van der Waals surface area (Å²) in [5, 5.41) is 15.2. The first-order valence-corrected chi connectivity index (χ1v) is 23.5. The zero-order chi connectivity index (χ0) is 44.7. The van der Waals surface area contributed by atoms with Gasteiger partial charge in [-0.05, 0) is 157 Å². The van der Waals surface area contributed by atoms with E-state index in [0.717, 1.165) is 21.9 Å². The van der Waals surface area contributed by atoms with Crippen molar-refractivity contribution in [1.82, 2.24) is 0 Å². The standard InChI is InChI=1S/C65H50O/c1-63(2,3)65(64(4,5)6)56-38-42-18-8-7-17-41(42)36-55(56)61-47-21-10-9-19-45(47)53-35-43(31-33-52(53)62(61)65)39-27-29-40(30-28-39)59-48-22-11-13-24-50(48)60(51-25-14-12-23-49(51)59)44-32-34-58-54(37-44)46-20-15-16-26-57(46)66-58/h7-38H,1-6H3. The second-order valence-corrected chi connectivity index (χ2v) is 20.8. The average Bonchev–Trinajstić information content (AvgIpc) is 3.86. The fraction of sp³-hybridized carbons (Fsp3) is 0.138. The molecule has 0 fully saturated rings. The van der Waals surface area contributed by atoms with Crippen molar-refractivity contribution in [2.75, 3.05) is 0 Å². The minimum Gasteiger partial charge on any atom is -0.456 e. The van der Waals surface area contributed by atoms with Gasteiger partial charge in [0, 0.05) is 16.2 Å². The summed E-state index contributed by atoms with van der Waals surface area (Å²) in [7, 11) is 0. The Balaban J connectivity index is 0.990. The SMILES string of the molecule is CC(C)(C)C1(C(C)(C)C)c2cc3ccccc3cc2-c2c1c1ccc(-c3ccc(-c4c5ccccc5c(-c5ccc6oc7ccccc7c6c5)c5ccccc45)cc3)cc1c1ccccc21. The van der Waals surface area contributed by atoms with Gasteiger partial charge in [0.15, 0.2) is 0 Å². The molecule has 0 bridgehead atoms. The third kappa shape index (κ3) is 5.29. The second-order valence-electron chi connectivity index (χ2n) is 20.8. The van der Waals surface area contributed by atoms with Gasteiger partial charge in [0.2, 0.25) is 0 Å². The van der Waals surface area contributed by atoms with Gasteiger partial charge in [-0.15, -0.1) is 0 Å². The lowest BCUT2D eigenvalue weighted by atomic mass is 9.49. The smallest absolute Gasteiger partial charge is 0.135 e. The maximum Gasteiger partial charge on any atom is 0.135 e. The summed E-state index contributed by atoms with van der Waals surface area (Å²) in [6, 6.07) is 72.6. The van der Waals surface area contributed by atoms with Gasteiger partial charge in [0.05, 0.1) is 0 Å². The predicted octanol–water partition coefficient (Wildman–Crippen LogP) is 18.7. The van der Waals surface area contributed by atoms with Crippen molar-refractivity contribution in [3.63, 3.8) is 0 Å². The summed E-state index contributed by atoms with van der Waals surface area (Å²) in [4.78, 5) is 0. The zero-order valence-electron chi connectivity index (χ0n) is 38.4. The topological polar surface area (TPSA) is 13.1 Å². The molecule has 316 valence electrons. The first kappa shape index (κ1) is 38.9. The maximum atomic E-state index is 6.25. The lowest BCUT2D eigenvalue weighted by Crippen LogP contribution is -2.50. The molecule has 1 heteroatoms. The van der Waals surface area contributed by atoms with Gasteiger partial charge in [0.1, 0.15) is 11.2 Å². The molecule has 12 aromatic rings. The molecular formula is C65H50O. The highest BCUT2D eigenvalue weighted by atomic mass is 16.3. The third-order valence-electron chi connectivity index (χ3n) is 15.3. The number of benzene rings is 11. The Morgan fingerprint density at radius 2 is 0.773 bits per heavy atom. The number of para-hydroxylation sites is 1. The zero-order valence-corrected chi connectivity index (χ0v) is 38.4. The molecule has 0 saturated carbocycles. The summed E-state index contributed by atoms with van der Waals surface area (Å²) in [6.45, 7) is 14.8. The highest BCUT2D eigenvalue weighted by Crippen LogP contribution is 2.67. The van der Waals surface area contributed by atoms with Crippen LogP contribution in [0.15, 0.2) is 199 Å². The van der Waals surface area contributed by atoms with Gasteiger partial charge in [-0.2, -0.15) is 0 Å². The first-order valence-electron chi connectivity index (χ1n) is 23.5. The molecule has 1 heterocycles. The molecule has 1 aliphatic rings. The van der Waals surface area contributed by atoms with E-state index >= 15 is 0 Å². The van der Waals surface area contributed by atoms with Crippen molar-refractivity contribution in [2.24, 2.45) is 10.8 Å². The molecule has 0 aliphatic heterocycles. The number of rotatable bonds is 3. The molecule has 0 saturated heterocycles. The van der Waals surface area contributed by atoms with Crippen LogP contribution in [0.2, 0.25) is 0 Å². The van der Waals surface area contributed by atoms with Gasteiger partial charge >= 0.3 is 0 Å². The van der Waals surface area contributed by atoms with Crippen molar-refractivity contribution in [2.45, 2.75) is 47.0 Å². The van der Waals surface area contributed by atoms with Crippen LogP contribution in [-0.4, -0.2) is 0 Å². The summed E-state index contributed by atoms with van der Waals surface area (Å²) in [6.07, 6.45) is 0.